The second kappa shape index (κ2) is 11.1. The van der Waals surface area contributed by atoms with E-state index in [1.807, 2.05) is 22.7 Å². The summed E-state index contributed by atoms with van der Waals surface area (Å²) < 4.78 is 5.39. The number of para-hydroxylation sites is 2. The largest absolute Gasteiger partial charge is 0.338 e. The Morgan fingerprint density at radius 2 is 0.792 bits per heavy atom. The van der Waals surface area contributed by atoms with Crippen molar-refractivity contribution in [2.75, 3.05) is 22.9 Å². The molecule has 4 heteroatoms. The smallest absolute Gasteiger partial charge is 0.0652 e. The fourth-order valence-electron chi connectivity index (χ4n) is 7.53. The molecule has 0 saturated heterocycles. The second-order valence-electron chi connectivity index (χ2n) is 12.5. The minimum absolute atomic E-state index is 0.893. The molecule has 9 aromatic rings. The van der Waals surface area contributed by atoms with Crippen LogP contribution in [0.5, 0.6) is 0 Å². The Morgan fingerprint density at radius 3 is 1.29 bits per heavy atom. The van der Waals surface area contributed by atoms with Gasteiger partial charge in [0.05, 0.1) is 11.4 Å². The number of thiophene rings is 2. The number of nitrogens with zero attached hydrogens (tertiary/aromatic N) is 2. The lowest BCUT2D eigenvalue weighted by Gasteiger charge is -2.39. The van der Waals surface area contributed by atoms with Crippen molar-refractivity contribution in [2.24, 2.45) is 0 Å². The van der Waals surface area contributed by atoms with Gasteiger partial charge in [0.1, 0.15) is 0 Å². The molecule has 2 aromatic heterocycles. The lowest BCUT2D eigenvalue weighted by atomic mass is 10.0. The number of rotatable bonds is 4. The quantitative estimate of drug-likeness (QED) is 0.187. The molecular formula is C44H30N2S2. The Labute approximate surface area is 287 Å². The van der Waals surface area contributed by atoms with Crippen LogP contribution in [0.4, 0.5) is 22.7 Å². The van der Waals surface area contributed by atoms with Gasteiger partial charge in [-0.25, -0.2) is 0 Å². The van der Waals surface area contributed by atoms with Crippen LogP contribution in [0.25, 0.3) is 62.6 Å². The Hall–Kier alpha value is -5.42. The third kappa shape index (κ3) is 4.37. The van der Waals surface area contributed by atoms with Gasteiger partial charge >= 0.3 is 0 Å². The van der Waals surface area contributed by atoms with E-state index in [1.165, 1.54) is 85.3 Å². The van der Waals surface area contributed by atoms with E-state index in [4.69, 9.17) is 0 Å². The van der Waals surface area contributed by atoms with E-state index in [-0.39, 0.29) is 0 Å². The Kier molecular flexibility index (Phi) is 6.39. The van der Waals surface area contributed by atoms with Crippen molar-refractivity contribution in [1.82, 2.24) is 0 Å². The van der Waals surface area contributed by atoms with Crippen molar-refractivity contribution >= 4 is 85.8 Å². The average Bonchev–Trinajstić information content (AvgIpc) is 3.73. The zero-order valence-electron chi connectivity index (χ0n) is 26.1. The van der Waals surface area contributed by atoms with E-state index < -0.39 is 0 Å². The van der Waals surface area contributed by atoms with Crippen LogP contribution < -0.4 is 9.80 Å². The van der Waals surface area contributed by atoms with Crippen LogP contribution in [0.1, 0.15) is 0 Å². The molecule has 1 aliphatic heterocycles. The fraction of sp³-hybridized carbons (Fsp3) is 0.0455. The molecule has 1 aliphatic rings. The Morgan fingerprint density at radius 1 is 0.375 bits per heavy atom. The van der Waals surface area contributed by atoms with E-state index in [0.717, 1.165) is 13.1 Å². The lowest BCUT2D eigenvalue weighted by molar-refractivity contribution is 0.850. The number of benzene rings is 7. The van der Waals surface area contributed by atoms with Crippen molar-refractivity contribution in [3.63, 3.8) is 0 Å². The number of anilines is 4. The molecule has 0 saturated carbocycles. The summed E-state index contributed by atoms with van der Waals surface area (Å²) in [5.74, 6) is 0. The van der Waals surface area contributed by atoms with Crippen LogP contribution in [0.15, 0.2) is 158 Å². The van der Waals surface area contributed by atoms with Crippen LogP contribution in [0, 0.1) is 0 Å². The molecule has 0 unspecified atom stereocenters. The molecule has 0 bridgehead atoms. The van der Waals surface area contributed by atoms with Crippen molar-refractivity contribution in [3.05, 3.63) is 158 Å². The predicted molar refractivity (Wildman–Crippen MR) is 210 cm³/mol. The van der Waals surface area contributed by atoms with Gasteiger partial charge in [-0.1, -0.05) is 109 Å². The molecule has 0 fully saturated rings. The van der Waals surface area contributed by atoms with Crippen LogP contribution >= 0.6 is 22.7 Å². The van der Waals surface area contributed by atoms with E-state index in [0.29, 0.717) is 0 Å². The maximum atomic E-state index is 2.49. The summed E-state index contributed by atoms with van der Waals surface area (Å²) in [4.78, 5) is 4.98. The molecule has 10 rings (SSSR count). The summed E-state index contributed by atoms with van der Waals surface area (Å²) in [6.45, 7) is 1.79. The van der Waals surface area contributed by atoms with Gasteiger partial charge in [-0.15, -0.1) is 22.7 Å². The van der Waals surface area contributed by atoms with Crippen LogP contribution in [-0.4, -0.2) is 13.1 Å². The third-order valence-electron chi connectivity index (χ3n) is 9.76. The normalized spacial score (nSPS) is 13.2. The number of hydrogen-bond acceptors (Lipinski definition) is 4. The first-order chi connectivity index (χ1) is 23.8. The second-order valence-corrected chi connectivity index (χ2v) is 14.6. The first-order valence-electron chi connectivity index (χ1n) is 16.5. The highest BCUT2D eigenvalue weighted by atomic mass is 32.1. The van der Waals surface area contributed by atoms with Gasteiger partial charge in [0.15, 0.2) is 0 Å². The minimum Gasteiger partial charge on any atom is -0.338 e. The molecule has 0 aliphatic carbocycles. The first kappa shape index (κ1) is 27.7. The maximum Gasteiger partial charge on any atom is 0.0652 e. The number of hydrogen-bond donors (Lipinski definition) is 0. The van der Waals surface area contributed by atoms with E-state index in [9.17, 15) is 0 Å². The molecule has 0 N–H and O–H groups in total. The van der Waals surface area contributed by atoms with Gasteiger partial charge in [-0.05, 0) is 70.8 Å². The summed E-state index contributed by atoms with van der Waals surface area (Å²) in [5.41, 5.74) is 10.0. The molecule has 3 heterocycles. The summed E-state index contributed by atoms with van der Waals surface area (Å²) in [6.07, 6.45) is 0. The van der Waals surface area contributed by atoms with Gasteiger partial charge < -0.3 is 9.80 Å². The molecule has 0 radical (unpaired) electrons. The van der Waals surface area contributed by atoms with Crippen molar-refractivity contribution < 1.29 is 0 Å². The van der Waals surface area contributed by atoms with Gasteiger partial charge in [0.2, 0.25) is 0 Å². The molecule has 0 spiro atoms. The number of fused-ring (bicyclic) bond motifs is 7. The molecule has 7 aromatic carbocycles. The molecule has 2 nitrogen and oxygen atoms in total. The van der Waals surface area contributed by atoms with Gasteiger partial charge in [-0.2, -0.15) is 0 Å². The van der Waals surface area contributed by atoms with Crippen molar-refractivity contribution in [1.29, 1.82) is 0 Å². The van der Waals surface area contributed by atoms with Crippen LogP contribution in [0.3, 0.4) is 0 Å². The summed E-state index contributed by atoms with van der Waals surface area (Å²) >= 11 is 3.78. The SMILES string of the molecule is c1cc(-c2cccc3c2sc2ccccc23)cc(N2CCN(c3cccc(-c4cccc5c4sc4ccccc45)c3)c3ccccc32)c1. The Bertz CT molecular complexity index is 2480. The zero-order chi connectivity index (χ0) is 31.6. The first-order valence-corrected chi connectivity index (χ1v) is 18.1. The van der Waals surface area contributed by atoms with Crippen LogP contribution in [0.2, 0.25) is 0 Å². The van der Waals surface area contributed by atoms with E-state index >= 15 is 0 Å². The molecular weight excluding hydrogens is 621 g/mol. The van der Waals surface area contributed by atoms with E-state index in [2.05, 4.69) is 168 Å². The highest BCUT2D eigenvalue weighted by Gasteiger charge is 2.25. The Balaban J connectivity index is 1.03. The van der Waals surface area contributed by atoms with Gasteiger partial charge in [0, 0.05) is 64.8 Å². The van der Waals surface area contributed by atoms with Gasteiger partial charge in [-0.3, -0.25) is 0 Å². The van der Waals surface area contributed by atoms with Crippen molar-refractivity contribution in [3.8, 4) is 22.3 Å². The van der Waals surface area contributed by atoms with Crippen LogP contribution in [-0.2, 0) is 0 Å². The molecule has 0 atom stereocenters. The standard InChI is InChI=1S/C44H30N2S2/c1-5-23-41-35(15-1)37-19-9-17-33(43(37)47-41)29-11-7-13-31(27-29)45-25-26-46(40-22-4-3-21-39(40)45)32-14-8-12-30(28-32)34-18-10-20-38-36-16-2-6-24-42(36)48-44(34)38/h1-24,27-28H,25-26H2. The minimum atomic E-state index is 0.893. The lowest BCUT2D eigenvalue weighted by Crippen LogP contribution is -2.36. The monoisotopic (exact) mass is 650 g/mol. The zero-order valence-corrected chi connectivity index (χ0v) is 27.8. The van der Waals surface area contributed by atoms with Crippen molar-refractivity contribution in [2.45, 2.75) is 0 Å². The molecule has 228 valence electrons. The average molecular weight is 651 g/mol. The highest BCUT2D eigenvalue weighted by molar-refractivity contribution is 7.26. The molecule has 48 heavy (non-hydrogen) atoms. The third-order valence-corrected chi connectivity index (χ3v) is 12.2. The summed E-state index contributed by atoms with van der Waals surface area (Å²) in [7, 11) is 0. The van der Waals surface area contributed by atoms with E-state index in [1.54, 1.807) is 0 Å². The fourth-order valence-corrected chi connectivity index (χ4v) is 10.0. The summed E-state index contributed by atoms with van der Waals surface area (Å²) in [5, 5.41) is 5.35. The molecule has 0 amide bonds. The summed E-state index contributed by atoms with van der Waals surface area (Å²) in [6, 6.07) is 58.0. The van der Waals surface area contributed by atoms with Gasteiger partial charge in [0.25, 0.3) is 0 Å². The topological polar surface area (TPSA) is 6.48 Å². The highest BCUT2D eigenvalue weighted by Crippen LogP contribution is 2.45. The maximum absolute atomic E-state index is 2.49. The predicted octanol–water partition coefficient (Wildman–Crippen LogP) is 13.0.